The molecule has 23 heavy (non-hydrogen) atoms. The molecule has 0 aliphatic carbocycles. The van der Waals surface area contributed by atoms with Crippen LogP contribution < -0.4 is 0 Å². The molecule has 2 rings (SSSR count). The van der Waals surface area contributed by atoms with Crippen molar-refractivity contribution in [1.82, 2.24) is 14.7 Å². The lowest BCUT2D eigenvalue weighted by Crippen LogP contribution is -2.53. The molecule has 0 saturated carbocycles. The average Bonchev–Trinajstić information content (AvgIpc) is 2.49. The molecule has 1 aromatic carbocycles. The zero-order valence-corrected chi connectivity index (χ0v) is 14.2. The summed E-state index contributed by atoms with van der Waals surface area (Å²) in [6.45, 7) is 7.15. The van der Waals surface area contributed by atoms with Crippen LogP contribution in [0.15, 0.2) is 18.2 Å². The van der Waals surface area contributed by atoms with Gasteiger partial charge in [0.05, 0.1) is 0 Å². The van der Waals surface area contributed by atoms with E-state index in [2.05, 4.69) is 18.7 Å². The molecule has 1 aromatic rings. The summed E-state index contributed by atoms with van der Waals surface area (Å²) < 4.78 is 27.2. The molecule has 0 aromatic heterocycles. The molecule has 6 heteroatoms. The second-order valence-corrected chi connectivity index (χ2v) is 6.49. The van der Waals surface area contributed by atoms with Gasteiger partial charge >= 0.3 is 0 Å². The van der Waals surface area contributed by atoms with Crippen molar-refractivity contribution in [2.75, 3.05) is 40.3 Å². The van der Waals surface area contributed by atoms with E-state index >= 15 is 0 Å². The molecule has 0 bridgehead atoms. The second-order valence-electron chi connectivity index (χ2n) is 6.49. The van der Waals surface area contributed by atoms with E-state index in [4.69, 9.17) is 0 Å². The number of amides is 1. The second kappa shape index (κ2) is 7.36. The van der Waals surface area contributed by atoms with E-state index < -0.39 is 17.7 Å². The van der Waals surface area contributed by atoms with Gasteiger partial charge in [0.1, 0.15) is 17.7 Å². The lowest BCUT2D eigenvalue weighted by atomic mass is 10.0. The molecule has 128 valence electrons. The molecule has 1 aliphatic rings. The van der Waals surface area contributed by atoms with Gasteiger partial charge < -0.3 is 4.90 Å². The van der Waals surface area contributed by atoms with Crippen LogP contribution in [-0.2, 0) is 4.79 Å². The molecule has 1 atom stereocenters. The van der Waals surface area contributed by atoms with Gasteiger partial charge in [-0.15, -0.1) is 0 Å². The fourth-order valence-corrected chi connectivity index (χ4v) is 2.99. The minimum atomic E-state index is -0.735. The maximum absolute atomic E-state index is 14.1. The zero-order valence-electron chi connectivity index (χ0n) is 14.2. The number of carbonyl (C=O) groups is 1. The maximum Gasteiger partial charge on any atom is 0.244 e. The summed E-state index contributed by atoms with van der Waals surface area (Å²) in [5.41, 5.74) is 0.215. The zero-order chi connectivity index (χ0) is 17.1. The first kappa shape index (κ1) is 17.8. The Kier molecular flexibility index (Phi) is 5.70. The van der Waals surface area contributed by atoms with Gasteiger partial charge in [-0.2, -0.15) is 0 Å². The number of likely N-dealkylation sites (N-methyl/N-ethyl adjacent to an activating group) is 1. The lowest BCUT2D eigenvalue weighted by Gasteiger charge is -2.39. The van der Waals surface area contributed by atoms with E-state index in [1.54, 1.807) is 23.9 Å². The van der Waals surface area contributed by atoms with Crippen LogP contribution in [0.4, 0.5) is 8.78 Å². The predicted octanol–water partition coefficient (Wildman–Crippen LogP) is 2.12. The topological polar surface area (TPSA) is 26.8 Å². The number of piperazine rings is 1. The van der Waals surface area contributed by atoms with Crippen molar-refractivity contribution in [2.24, 2.45) is 0 Å². The highest BCUT2D eigenvalue weighted by molar-refractivity contribution is 5.83. The van der Waals surface area contributed by atoms with Crippen molar-refractivity contribution in [3.05, 3.63) is 35.4 Å². The van der Waals surface area contributed by atoms with Gasteiger partial charge in [0.25, 0.3) is 0 Å². The third-order valence-corrected chi connectivity index (χ3v) is 4.36. The summed E-state index contributed by atoms with van der Waals surface area (Å²) in [5.74, 6) is -1.46. The summed E-state index contributed by atoms with van der Waals surface area (Å²) in [4.78, 5) is 18.6. The van der Waals surface area contributed by atoms with Gasteiger partial charge in [0.15, 0.2) is 0 Å². The number of nitrogens with zero attached hydrogens (tertiary/aromatic N) is 3. The first-order chi connectivity index (χ1) is 10.8. The molecule has 4 nitrogen and oxygen atoms in total. The Morgan fingerprint density at radius 3 is 2.22 bits per heavy atom. The first-order valence-electron chi connectivity index (χ1n) is 7.95. The first-order valence-corrected chi connectivity index (χ1v) is 7.95. The number of rotatable bonds is 4. The molecule has 1 unspecified atom stereocenters. The number of hydrogen-bond acceptors (Lipinski definition) is 3. The van der Waals surface area contributed by atoms with Crippen molar-refractivity contribution in [1.29, 1.82) is 0 Å². The van der Waals surface area contributed by atoms with E-state index in [0.29, 0.717) is 19.1 Å². The molecule has 1 aliphatic heterocycles. The van der Waals surface area contributed by atoms with Gasteiger partial charge in [-0.05, 0) is 34.0 Å². The van der Waals surface area contributed by atoms with Gasteiger partial charge in [-0.25, -0.2) is 8.78 Å². The van der Waals surface area contributed by atoms with Crippen molar-refractivity contribution in [2.45, 2.75) is 25.9 Å². The van der Waals surface area contributed by atoms with Crippen molar-refractivity contribution < 1.29 is 13.6 Å². The third kappa shape index (κ3) is 4.06. The Morgan fingerprint density at radius 1 is 1.13 bits per heavy atom. The molecule has 0 spiro atoms. The Balaban J connectivity index is 2.17. The predicted molar refractivity (Wildman–Crippen MR) is 86.1 cm³/mol. The van der Waals surface area contributed by atoms with Gasteiger partial charge in [0.2, 0.25) is 5.91 Å². The summed E-state index contributed by atoms with van der Waals surface area (Å²) in [6, 6.07) is 3.10. The molecule has 1 fully saturated rings. The molecule has 0 N–H and O–H groups in total. The minimum Gasteiger partial charge on any atom is -0.338 e. The maximum atomic E-state index is 14.1. The molecular formula is C17H25F2N3O. The van der Waals surface area contributed by atoms with Crippen molar-refractivity contribution in [3.63, 3.8) is 0 Å². The largest absolute Gasteiger partial charge is 0.338 e. The summed E-state index contributed by atoms with van der Waals surface area (Å²) in [7, 11) is 3.46. The summed E-state index contributed by atoms with van der Waals surface area (Å²) in [5, 5.41) is 0. The molecule has 1 saturated heterocycles. The molecule has 1 amide bonds. The van der Waals surface area contributed by atoms with Crippen molar-refractivity contribution in [3.8, 4) is 0 Å². The Bertz CT molecular complexity index is 555. The van der Waals surface area contributed by atoms with Crippen LogP contribution in [0.25, 0.3) is 0 Å². The standard InChI is InChI=1S/C17H25F2N3O/c1-12(2)21-7-9-22(10-8-21)17(23)16(20(3)4)14-6-5-13(18)11-15(14)19/h5-6,11-12,16H,7-10H2,1-4H3. The Hall–Kier alpha value is -1.53. The number of hydrogen-bond donors (Lipinski definition) is 0. The lowest BCUT2D eigenvalue weighted by molar-refractivity contribution is -0.138. The van der Waals surface area contributed by atoms with Gasteiger partial charge in [0, 0.05) is 43.9 Å². The van der Waals surface area contributed by atoms with E-state index in [1.165, 1.54) is 12.1 Å². The van der Waals surface area contributed by atoms with Crippen LogP contribution in [0, 0.1) is 11.6 Å². The monoisotopic (exact) mass is 325 g/mol. The van der Waals surface area contributed by atoms with Gasteiger partial charge in [-0.1, -0.05) is 6.07 Å². The number of benzene rings is 1. The fraction of sp³-hybridized carbons (Fsp3) is 0.588. The summed E-state index contributed by atoms with van der Waals surface area (Å²) in [6.07, 6.45) is 0. The van der Waals surface area contributed by atoms with Crippen LogP contribution in [0.5, 0.6) is 0 Å². The Labute approximate surface area is 136 Å². The smallest absolute Gasteiger partial charge is 0.244 e. The quantitative estimate of drug-likeness (QED) is 0.848. The van der Waals surface area contributed by atoms with Crippen LogP contribution in [0.1, 0.15) is 25.5 Å². The number of halogens is 2. The number of carbonyl (C=O) groups excluding carboxylic acids is 1. The fourth-order valence-electron chi connectivity index (χ4n) is 2.99. The summed E-state index contributed by atoms with van der Waals surface area (Å²) >= 11 is 0. The van der Waals surface area contributed by atoms with Crippen LogP contribution >= 0.6 is 0 Å². The average molecular weight is 325 g/mol. The van der Waals surface area contributed by atoms with Gasteiger partial charge in [-0.3, -0.25) is 14.6 Å². The molecule has 1 heterocycles. The van der Waals surface area contributed by atoms with E-state index in [1.807, 2.05) is 0 Å². The van der Waals surface area contributed by atoms with E-state index in [0.717, 1.165) is 19.2 Å². The minimum absolute atomic E-state index is 0.135. The highest BCUT2D eigenvalue weighted by Crippen LogP contribution is 2.25. The Morgan fingerprint density at radius 2 is 1.74 bits per heavy atom. The van der Waals surface area contributed by atoms with Crippen LogP contribution in [0.3, 0.4) is 0 Å². The molecular weight excluding hydrogens is 300 g/mol. The van der Waals surface area contributed by atoms with Crippen molar-refractivity contribution >= 4 is 5.91 Å². The normalized spacial score (nSPS) is 17.8. The van der Waals surface area contributed by atoms with E-state index in [-0.39, 0.29) is 11.5 Å². The SMILES string of the molecule is CC(C)N1CCN(C(=O)C(c2ccc(F)cc2F)N(C)C)CC1. The highest BCUT2D eigenvalue weighted by Gasteiger charge is 2.32. The third-order valence-electron chi connectivity index (χ3n) is 4.36. The van der Waals surface area contributed by atoms with E-state index in [9.17, 15) is 13.6 Å². The van der Waals surface area contributed by atoms with Crippen LogP contribution in [0.2, 0.25) is 0 Å². The highest BCUT2D eigenvalue weighted by atomic mass is 19.1. The van der Waals surface area contributed by atoms with Crippen LogP contribution in [-0.4, -0.2) is 66.9 Å². The molecule has 0 radical (unpaired) electrons.